The molecule has 2 heterocycles. The number of thiophene rings is 1. The van der Waals surface area contributed by atoms with Crippen LogP contribution in [0.25, 0.3) is 10.9 Å². The molecule has 3 amide bonds. The molecule has 0 saturated carbocycles. The van der Waals surface area contributed by atoms with Gasteiger partial charge in [0.1, 0.15) is 5.00 Å². The first kappa shape index (κ1) is 18.3. The van der Waals surface area contributed by atoms with Crippen LogP contribution in [0, 0.1) is 0 Å². The zero-order valence-corrected chi connectivity index (χ0v) is 15.0. The number of nitrogens with one attached hydrogen (secondary N) is 3. The second-order valence-electron chi connectivity index (χ2n) is 5.38. The van der Waals surface area contributed by atoms with E-state index in [0.717, 1.165) is 11.3 Å². The number of pyridine rings is 1. The number of ether oxygens (including phenoxy) is 1. The van der Waals surface area contributed by atoms with Crippen molar-refractivity contribution in [3.05, 3.63) is 63.3 Å². The average Bonchev–Trinajstić information content (AvgIpc) is 3.09. The lowest BCUT2D eigenvalue weighted by atomic mass is 10.1. The summed E-state index contributed by atoms with van der Waals surface area (Å²) in [7, 11) is 0. The molecule has 2 aromatic heterocycles. The van der Waals surface area contributed by atoms with Crippen molar-refractivity contribution in [2.45, 2.75) is 6.92 Å². The van der Waals surface area contributed by atoms with Crippen LogP contribution in [-0.2, 0) is 4.74 Å². The predicted molar refractivity (Wildman–Crippen MR) is 101 cm³/mol. The maximum atomic E-state index is 12.7. The van der Waals surface area contributed by atoms with E-state index in [1.165, 1.54) is 12.1 Å². The number of alkyl carbamates (subject to hydrolysis) is 1. The minimum atomic E-state index is -0.869. The van der Waals surface area contributed by atoms with Crippen molar-refractivity contribution in [2.24, 2.45) is 0 Å². The summed E-state index contributed by atoms with van der Waals surface area (Å²) < 4.78 is 4.67. The highest BCUT2D eigenvalue weighted by Gasteiger charge is 2.19. The van der Waals surface area contributed by atoms with Gasteiger partial charge in [-0.1, -0.05) is 18.2 Å². The van der Waals surface area contributed by atoms with E-state index in [1.54, 1.807) is 36.6 Å². The summed E-state index contributed by atoms with van der Waals surface area (Å²) in [5.41, 5.74) is 0.418. The highest BCUT2D eigenvalue weighted by molar-refractivity contribution is 7.14. The molecule has 9 heteroatoms. The SMILES string of the molecule is CCOC(=O)NC(=O)c1ccsc1NC(=O)c1cc(=O)[nH]c2ccccc12. The topological polar surface area (TPSA) is 117 Å². The number of carbonyl (C=O) groups is 3. The first-order chi connectivity index (χ1) is 13.0. The van der Waals surface area contributed by atoms with Gasteiger partial charge in [0, 0.05) is 17.0 Å². The molecule has 0 aliphatic rings. The molecule has 0 unspecified atom stereocenters. The van der Waals surface area contributed by atoms with Gasteiger partial charge in [0.2, 0.25) is 5.56 Å². The van der Waals surface area contributed by atoms with E-state index >= 15 is 0 Å². The van der Waals surface area contributed by atoms with Crippen LogP contribution in [0.15, 0.2) is 46.6 Å². The van der Waals surface area contributed by atoms with Gasteiger partial charge in [-0.3, -0.25) is 19.7 Å². The fourth-order valence-corrected chi connectivity index (χ4v) is 3.25. The van der Waals surface area contributed by atoms with Gasteiger partial charge >= 0.3 is 6.09 Å². The molecule has 0 aliphatic heterocycles. The molecular formula is C18H15N3O5S. The quantitative estimate of drug-likeness (QED) is 0.638. The first-order valence-corrected chi connectivity index (χ1v) is 8.86. The van der Waals surface area contributed by atoms with E-state index in [-0.39, 0.29) is 22.7 Å². The molecule has 138 valence electrons. The number of benzene rings is 1. The fraction of sp³-hybridized carbons (Fsp3) is 0.111. The fourth-order valence-electron chi connectivity index (χ4n) is 2.48. The number of H-pyrrole nitrogens is 1. The number of hydrogen-bond acceptors (Lipinski definition) is 6. The van der Waals surface area contributed by atoms with Crippen molar-refractivity contribution < 1.29 is 19.1 Å². The van der Waals surface area contributed by atoms with Gasteiger partial charge in [-0.2, -0.15) is 0 Å². The third kappa shape index (κ3) is 4.04. The monoisotopic (exact) mass is 385 g/mol. The van der Waals surface area contributed by atoms with Crippen molar-refractivity contribution in [3.63, 3.8) is 0 Å². The Hall–Kier alpha value is -3.46. The largest absolute Gasteiger partial charge is 0.450 e. The number of fused-ring (bicyclic) bond motifs is 1. The Kier molecular flexibility index (Phi) is 5.32. The lowest BCUT2D eigenvalue weighted by Gasteiger charge is -2.09. The molecule has 3 aromatic rings. The Morgan fingerprint density at radius 3 is 2.67 bits per heavy atom. The van der Waals surface area contributed by atoms with E-state index in [9.17, 15) is 19.2 Å². The average molecular weight is 385 g/mol. The van der Waals surface area contributed by atoms with Crippen LogP contribution in [0.4, 0.5) is 9.80 Å². The van der Waals surface area contributed by atoms with Crippen LogP contribution in [-0.4, -0.2) is 29.5 Å². The third-order valence-corrected chi connectivity index (χ3v) is 4.45. The first-order valence-electron chi connectivity index (χ1n) is 7.98. The number of imide groups is 1. The molecule has 0 fully saturated rings. The van der Waals surface area contributed by atoms with Crippen LogP contribution < -0.4 is 16.2 Å². The summed E-state index contributed by atoms with van der Waals surface area (Å²) in [6, 6.07) is 9.58. The highest BCUT2D eigenvalue weighted by Crippen LogP contribution is 2.25. The summed E-state index contributed by atoms with van der Waals surface area (Å²) in [5, 5.41) is 7.13. The van der Waals surface area contributed by atoms with Gasteiger partial charge in [-0.15, -0.1) is 11.3 Å². The molecule has 27 heavy (non-hydrogen) atoms. The van der Waals surface area contributed by atoms with Crippen LogP contribution in [0.1, 0.15) is 27.6 Å². The van der Waals surface area contributed by atoms with Gasteiger partial charge in [-0.05, 0) is 24.4 Å². The second-order valence-corrected chi connectivity index (χ2v) is 6.30. The summed E-state index contributed by atoms with van der Waals surface area (Å²) in [5.74, 6) is -1.23. The molecule has 0 bridgehead atoms. The van der Waals surface area contributed by atoms with E-state index in [0.29, 0.717) is 10.9 Å². The summed E-state index contributed by atoms with van der Waals surface area (Å²) >= 11 is 1.12. The van der Waals surface area contributed by atoms with Crippen molar-refractivity contribution in [2.75, 3.05) is 11.9 Å². The molecule has 0 aliphatic carbocycles. The third-order valence-electron chi connectivity index (χ3n) is 3.62. The molecule has 0 saturated heterocycles. The molecule has 3 rings (SSSR count). The zero-order chi connectivity index (χ0) is 19.4. The molecule has 3 N–H and O–H groups in total. The lowest BCUT2D eigenvalue weighted by molar-refractivity contribution is 0.0926. The minimum absolute atomic E-state index is 0.121. The second kappa shape index (κ2) is 7.83. The summed E-state index contributed by atoms with van der Waals surface area (Å²) in [4.78, 5) is 50.8. The number of amides is 3. The molecule has 8 nitrogen and oxygen atoms in total. The number of aromatic nitrogens is 1. The van der Waals surface area contributed by atoms with Crippen LogP contribution in [0.2, 0.25) is 0 Å². The molecule has 0 radical (unpaired) electrons. The Morgan fingerprint density at radius 2 is 1.89 bits per heavy atom. The summed E-state index contributed by atoms with van der Waals surface area (Å²) in [6.07, 6.45) is -0.869. The van der Waals surface area contributed by atoms with Crippen LogP contribution in [0.5, 0.6) is 0 Å². The van der Waals surface area contributed by atoms with Crippen LogP contribution in [0.3, 0.4) is 0 Å². The molecule has 0 spiro atoms. The van der Waals surface area contributed by atoms with Gasteiger partial charge in [0.05, 0.1) is 17.7 Å². The number of carbonyl (C=O) groups excluding carboxylic acids is 3. The van der Waals surface area contributed by atoms with Crippen molar-refractivity contribution >= 4 is 45.1 Å². The summed E-state index contributed by atoms with van der Waals surface area (Å²) in [6.45, 7) is 1.74. The van der Waals surface area contributed by atoms with E-state index in [4.69, 9.17) is 0 Å². The van der Waals surface area contributed by atoms with E-state index in [1.807, 2.05) is 0 Å². The van der Waals surface area contributed by atoms with Crippen molar-refractivity contribution in [3.8, 4) is 0 Å². The number of aromatic amines is 1. The predicted octanol–water partition coefficient (Wildman–Crippen LogP) is 2.73. The number of para-hydroxylation sites is 1. The van der Waals surface area contributed by atoms with E-state index < -0.39 is 23.5 Å². The smallest absolute Gasteiger partial charge is 0.414 e. The Morgan fingerprint density at radius 1 is 1.11 bits per heavy atom. The standard InChI is InChI=1S/C18H15N3O5S/c1-2-26-18(25)21-15(23)11-7-8-27-17(11)20-16(24)12-9-14(22)19-13-6-4-3-5-10(12)13/h3-9H,2H2,1H3,(H,19,22)(H,20,24)(H,21,23,25). The molecule has 1 aromatic carbocycles. The molecule has 0 atom stereocenters. The van der Waals surface area contributed by atoms with Gasteiger partial charge in [-0.25, -0.2) is 4.79 Å². The zero-order valence-electron chi connectivity index (χ0n) is 14.2. The van der Waals surface area contributed by atoms with Gasteiger partial charge in [0.25, 0.3) is 11.8 Å². The van der Waals surface area contributed by atoms with Gasteiger partial charge < -0.3 is 15.0 Å². The number of anilines is 1. The van der Waals surface area contributed by atoms with Gasteiger partial charge in [0.15, 0.2) is 0 Å². The van der Waals surface area contributed by atoms with E-state index in [2.05, 4.69) is 20.4 Å². The number of rotatable bonds is 4. The van der Waals surface area contributed by atoms with Crippen molar-refractivity contribution in [1.82, 2.24) is 10.3 Å². The Labute approximate surface area is 157 Å². The number of hydrogen-bond donors (Lipinski definition) is 3. The minimum Gasteiger partial charge on any atom is -0.450 e. The Bertz CT molecular complexity index is 1090. The maximum Gasteiger partial charge on any atom is 0.414 e. The molecular weight excluding hydrogens is 370 g/mol. The Balaban J connectivity index is 1.86. The lowest BCUT2D eigenvalue weighted by Crippen LogP contribution is -2.31. The maximum absolute atomic E-state index is 12.7. The normalized spacial score (nSPS) is 10.4. The highest BCUT2D eigenvalue weighted by atomic mass is 32.1. The van der Waals surface area contributed by atoms with Crippen molar-refractivity contribution in [1.29, 1.82) is 0 Å². The van der Waals surface area contributed by atoms with Crippen LogP contribution >= 0.6 is 11.3 Å².